The van der Waals surface area contributed by atoms with E-state index in [1.807, 2.05) is 0 Å². The Hall–Kier alpha value is -1.05. The first-order valence-electron chi connectivity index (χ1n) is 3.99. The number of rotatable bonds is 2. The first-order valence-corrected chi connectivity index (χ1v) is 5.94. The molecule has 94 valence electrons. The minimum Gasteiger partial charge on any atom is -0.294 e. The van der Waals surface area contributed by atoms with E-state index in [-0.39, 0.29) is 0 Å². The highest BCUT2D eigenvalue weighted by atomic mass is 32.5. The zero-order chi connectivity index (χ0) is 12.8. The van der Waals surface area contributed by atoms with E-state index < -0.39 is 32.0 Å². The molecule has 1 nitrogen and oxygen atoms in total. The van der Waals surface area contributed by atoms with Crippen molar-refractivity contribution in [2.75, 3.05) is 0 Å². The Bertz CT molecular complexity index is 414. The van der Waals surface area contributed by atoms with Crippen molar-refractivity contribution in [1.82, 2.24) is 0 Å². The van der Waals surface area contributed by atoms with Crippen LogP contribution in [0.2, 0.25) is 0 Å². The molecule has 0 aliphatic rings. The van der Waals surface area contributed by atoms with Crippen molar-refractivity contribution in [3.63, 3.8) is 0 Å². The molecule has 16 heavy (non-hydrogen) atoms. The van der Waals surface area contributed by atoms with Crippen LogP contribution >= 0.6 is 10.2 Å². The lowest BCUT2D eigenvalue weighted by Crippen LogP contribution is -2.10. The first kappa shape index (κ1) is 13.0. The van der Waals surface area contributed by atoms with Gasteiger partial charge in [0.25, 0.3) is 0 Å². The molecule has 0 N–H and O–H groups in total. The molecule has 1 rings (SSSR count). The van der Waals surface area contributed by atoms with Crippen molar-refractivity contribution in [3.05, 3.63) is 23.3 Å². The molecule has 0 aromatic heterocycles. The Labute approximate surface area is 87.6 Å². The van der Waals surface area contributed by atoms with Crippen LogP contribution in [0.1, 0.15) is 11.1 Å². The lowest BCUT2D eigenvalue weighted by Gasteiger charge is -2.42. The monoisotopic (exact) mass is 266 g/mol. The molecule has 0 bridgehead atoms. The molecule has 0 fully saturated rings. The Morgan fingerprint density at radius 3 is 1.56 bits per heavy atom. The third-order valence-electron chi connectivity index (χ3n) is 1.91. The van der Waals surface area contributed by atoms with Crippen LogP contribution in [0.5, 0.6) is 5.75 Å². The molecular formula is C8H8F6OS. The van der Waals surface area contributed by atoms with Gasteiger partial charge in [0.15, 0.2) is 5.75 Å². The molecule has 8 heteroatoms. The molecule has 0 aliphatic carbocycles. The van der Waals surface area contributed by atoms with E-state index in [1.165, 1.54) is 0 Å². The van der Waals surface area contributed by atoms with E-state index in [1.54, 1.807) is 0 Å². The van der Waals surface area contributed by atoms with Gasteiger partial charge in [-0.15, -0.1) is 0 Å². The predicted octanol–water partition coefficient (Wildman–Crippen LogP) is 5.22. The topological polar surface area (TPSA) is 9.23 Å². The number of halogens is 6. The van der Waals surface area contributed by atoms with Gasteiger partial charge in [-0.2, -0.15) is 0 Å². The summed E-state index contributed by atoms with van der Waals surface area (Å²) in [5.74, 6) is -0.541. The summed E-state index contributed by atoms with van der Waals surface area (Å²) in [5, 5.41) is 0. The molecule has 0 radical (unpaired) electrons. The van der Waals surface area contributed by atoms with E-state index in [4.69, 9.17) is 0 Å². The van der Waals surface area contributed by atoms with Crippen molar-refractivity contribution in [3.8, 4) is 5.75 Å². The fourth-order valence-corrected chi connectivity index (χ4v) is 2.90. The highest BCUT2D eigenvalue weighted by molar-refractivity contribution is 8.45. The van der Waals surface area contributed by atoms with Gasteiger partial charge in [0.2, 0.25) is 0 Å². The summed E-state index contributed by atoms with van der Waals surface area (Å²) in [7, 11) is -9.74. The maximum Gasteiger partial charge on any atom is 0.310 e. The van der Waals surface area contributed by atoms with Gasteiger partial charge < -0.3 is 0 Å². The van der Waals surface area contributed by atoms with E-state index in [9.17, 15) is 24.0 Å². The van der Waals surface area contributed by atoms with Gasteiger partial charge in [-0.25, -0.2) is 0 Å². The Morgan fingerprint density at radius 2 is 1.31 bits per heavy atom. The molecular weight excluding hydrogens is 258 g/mol. The van der Waals surface area contributed by atoms with Crippen molar-refractivity contribution in [2.24, 2.45) is 0 Å². The standard InChI is InChI=1S/C8H8F6OS/c1-5-3-7(15-9)4-6(2)8(5)16(10,11,12,13)14/h3-4H,1-2H3. The molecule has 0 unspecified atom stereocenters. The number of benzene rings is 1. The minimum atomic E-state index is -9.74. The Kier molecular flexibility index (Phi) is 2.27. The van der Waals surface area contributed by atoms with Gasteiger partial charge in [0.1, 0.15) is 4.90 Å². The van der Waals surface area contributed by atoms with Crippen LogP contribution in [-0.2, 0) is 0 Å². The molecule has 1 aromatic carbocycles. The quantitative estimate of drug-likeness (QED) is 0.666. The smallest absolute Gasteiger partial charge is 0.294 e. The summed E-state index contributed by atoms with van der Waals surface area (Å²) in [6.45, 7) is 1.64. The van der Waals surface area contributed by atoms with Crippen molar-refractivity contribution in [1.29, 1.82) is 0 Å². The Morgan fingerprint density at radius 1 is 0.938 bits per heavy atom. The molecule has 1 aromatic rings. The van der Waals surface area contributed by atoms with Gasteiger partial charge >= 0.3 is 10.2 Å². The van der Waals surface area contributed by atoms with Crippen LogP contribution in [0.15, 0.2) is 17.0 Å². The van der Waals surface area contributed by atoms with Gasteiger partial charge in [-0.05, 0) is 37.1 Å². The number of aryl methyl sites for hydroxylation is 2. The van der Waals surface area contributed by atoms with Crippen LogP contribution in [0.3, 0.4) is 0 Å². The van der Waals surface area contributed by atoms with Gasteiger partial charge in [0.05, 0.1) is 0 Å². The second-order valence-electron chi connectivity index (χ2n) is 3.43. The maximum atomic E-state index is 12.6. The second kappa shape index (κ2) is 2.79. The summed E-state index contributed by atoms with van der Waals surface area (Å²) in [6.07, 6.45) is 0. The number of hydrogen-bond acceptors (Lipinski definition) is 1. The molecule has 0 heterocycles. The van der Waals surface area contributed by atoms with E-state index >= 15 is 0 Å². The van der Waals surface area contributed by atoms with E-state index in [0.717, 1.165) is 13.8 Å². The predicted molar refractivity (Wildman–Crippen MR) is 49.0 cm³/mol. The number of hydrogen-bond donors (Lipinski definition) is 0. The average molecular weight is 266 g/mol. The third-order valence-corrected chi connectivity index (χ3v) is 3.32. The summed E-state index contributed by atoms with van der Waals surface area (Å²) in [6, 6.07) is 1.14. The molecule has 0 spiro atoms. The molecule has 0 aliphatic heterocycles. The van der Waals surface area contributed by atoms with Gasteiger partial charge in [0, 0.05) is 4.53 Å². The van der Waals surface area contributed by atoms with Crippen LogP contribution in [0, 0.1) is 13.8 Å². The molecule has 0 saturated heterocycles. The molecule has 0 atom stereocenters. The van der Waals surface area contributed by atoms with E-state index in [0.29, 0.717) is 12.1 Å². The zero-order valence-electron chi connectivity index (χ0n) is 8.24. The van der Waals surface area contributed by atoms with Crippen molar-refractivity contribution in [2.45, 2.75) is 18.7 Å². The van der Waals surface area contributed by atoms with Gasteiger partial charge in [-0.1, -0.05) is 19.4 Å². The lowest BCUT2D eigenvalue weighted by atomic mass is 10.1. The van der Waals surface area contributed by atoms with Crippen LogP contribution < -0.4 is 4.94 Å². The summed E-state index contributed by atoms with van der Waals surface area (Å²) in [4.78, 5) is 1.22. The highest BCUT2D eigenvalue weighted by Gasteiger charge is 2.66. The lowest BCUT2D eigenvalue weighted by molar-refractivity contribution is -0.00642. The highest BCUT2D eigenvalue weighted by Crippen LogP contribution is 3.02. The van der Waals surface area contributed by atoms with Crippen LogP contribution in [0.25, 0.3) is 0 Å². The minimum absolute atomic E-state index is 0.541. The van der Waals surface area contributed by atoms with Crippen LogP contribution in [-0.4, -0.2) is 0 Å². The average Bonchev–Trinajstić information content (AvgIpc) is 1.96. The van der Waals surface area contributed by atoms with Crippen LogP contribution in [0.4, 0.5) is 24.0 Å². The summed E-state index contributed by atoms with van der Waals surface area (Å²) < 4.78 is 74.6. The van der Waals surface area contributed by atoms with E-state index in [2.05, 4.69) is 4.94 Å². The maximum absolute atomic E-state index is 12.6. The second-order valence-corrected chi connectivity index (χ2v) is 5.78. The van der Waals surface area contributed by atoms with Crippen molar-refractivity contribution >= 4 is 10.2 Å². The fraction of sp³-hybridized carbons (Fsp3) is 0.250. The normalized spacial score (nSPS) is 16.5. The SMILES string of the molecule is Cc1cc(OF)cc(C)c1S(F)(F)(F)(F)F. The zero-order valence-corrected chi connectivity index (χ0v) is 9.06. The first-order chi connectivity index (χ1) is 6.85. The summed E-state index contributed by atoms with van der Waals surface area (Å²) >= 11 is 0. The van der Waals surface area contributed by atoms with Crippen molar-refractivity contribution < 1.29 is 28.9 Å². The largest absolute Gasteiger partial charge is 0.310 e. The third kappa shape index (κ3) is 2.55. The summed E-state index contributed by atoms with van der Waals surface area (Å²) in [5.41, 5.74) is -1.54. The molecule has 0 amide bonds. The molecule has 0 saturated carbocycles. The fourth-order valence-electron chi connectivity index (χ4n) is 1.56. The Balaban J connectivity index is 3.62. The van der Waals surface area contributed by atoms with Gasteiger partial charge in [-0.3, -0.25) is 4.94 Å².